The first-order valence-corrected chi connectivity index (χ1v) is 8.11. The second-order valence-electron chi connectivity index (χ2n) is 5.74. The lowest BCUT2D eigenvalue weighted by atomic mass is 9.67. The number of aliphatic carboxylic acids is 1. The van der Waals surface area contributed by atoms with E-state index in [1.54, 1.807) is 0 Å². The van der Waals surface area contributed by atoms with E-state index in [0.29, 0.717) is 6.42 Å². The molecule has 1 aliphatic carbocycles. The highest BCUT2D eigenvalue weighted by Gasteiger charge is 2.41. The first-order valence-electron chi connectivity index (χ1n) is 7.03. The highest BCUT2D eigenvalue weighted by Crippen LogP contribution is 2.42. The average molecular weight is 372 g/mol. The molecule has 1 aliphatic rings. The van der Waals surface area contributed by atoms with Gasteiger partial charge in [-0.25, -0.2) is 0 Å². The molecule has 1 saturated carbocycles. The summed E-state index contributed by atoms with van der Waals surface area (Å²) in [6.45, 7) is 2.21. The van der Waals surface area contributed by atoms with Gasteiger partial charge in [0.2, 0.25) is 0 Å². The Bertz CT molecular complexity index is 431. The summed E-state index contributed by atoms with van der Waals surface area (Å²) < 4.78 is 1.19. The van der Waals surface area contributed by atoms with Crippen LogP contribution in [-0.4, -0.2) is 11.1 Å². The second kappa shape index (κ2) is 6.25. The zero-order valence-corrected chi connectivity index (χ0v) is 13.5. The van der Waals surface area contributed by atoms with Crippen LogP contribution in [0, 0.1) is 14.9 Å². The Morgan fingerprint density at radius 3 is 2.37 bits per heavy atom. The van der Waals surface area contributed by atoms with Gasteiger partial charge in [-0.3, -0.25) is 4.79 Å². The lowest BCUT2D eigenvalue weighted by Crippen LogP contribution is -2.37. The standard InChI is InChI=1S/C16H21IO2/c1-2-12-7-9-16(10-8-12,15(18)19)11-13-3-5-14(17)6-4-13/h3-6,12H,2,7-11H2,1H3,(H,18,19). The molecule has 2 rings (SSSR count). The summed E-state index contributed by atoms with van der Waals surface area (Å²) in [5, 5.41) is 9.66. The van der Waals surface area contributed by atoms with E-state index in [1.165, 1.54) is 9.99 Å². The maximum Gasteiger partial charge on any atom is 0.309 e. The molecule has 1 fully saturated rings. The largest absolute Gasteiger partial charge is 0.481 e. The number of rotatable bonds is 4. The molecule has 0 spiro atoms. The predicted octanol–water partition coefficient (Wildman–Crippen LogP) is 4.50. The minimum atomic E-state index is -0.611. The molecule has 1 N–H and O–H groups in total. The Hall–Kier alpha value is -0.580. The van der Waals surface area contributed by atoms with Gasteiger partial charge in [-0.05, 0) is 78.3 Å². The highest BCUT2D eigenvalue weighted by molar-refractivity contribution is 14.1. The normalized spacial score (nSPS) is 27.2. The fraction of sp³-hybridized carbons (Fsp3) is 0.562. The van der Waals surface area contributed by atoms with Crippen LogP contribution in [-0.2, 0) is 11.2 Å². The Kier molecular flexibility index (Phi) is 4.87. The van der Waals surface area contributed by atoms with Crippen molar-refractivity contribution in [2.45, 2.75) is 45.4 Å². The number of benzene rings is 1. The van der Waals surface area contributed by atoms with Gasteiger partial charge in [-0.2, -0.15) is 0 Å². The van der Waals surface area contributed by atoms with E-state index in [-0.39, 0.29) is 0 Å². The van der Waals surface area contributed by atoms with Gasteiger partial charge >= 0.3 is 5.97 Å². The molecule has 1 aromatic carbocycles. The van der Waals surface area contributed by atoms with E-state index in [9.17, 15) is 9.90 Å². The predicted molar refractivity (Wildman–Crippen MR) is 85.2 cm³/mol. The molecule has 0 aliphatic heterocycles. The SMILES string of the molecule is CCC1CCC(Cc2ccc(I)cc2)(C(=O)O)CC1. The molecular formula is C16H21IO2. The molecule has 0 unspecified atom stereocenters. The molecule has 0 heterocycles. The van der Waals surface area contributed by atoms with Crippen LogP contribution in [0.15, 0.2) is 24.3 Å². The average Bonchev–Trinajstić information content (AvgIpc) is 2.42. The van der Waals surface area contributed by atoms with Crippen LogP contribution < -0.4 is 0 Å². The number of hydrogen-bond acceptors (Lipinski definition) is 1. The van der Waals surface area contributed by atoms with Gasteiger partial charge in [0, 0.05) is 3.57 Å². The summed E-state index contributed by atoms with van der Waals surface area (Å²) in [5.41, 5.74) is 0.621. The summed E-state index contributed by atoms with van der Waals surface area (Å²) in [6.07, 6.45) is 5.63. The molecule has 19 heavy (non-hydrogen) atoms. The Balaban J connectivity index is 2.12. The maximum absolute atomic E-state index is 11.7. The zero-order valence-electron chi connectivity index (χ0n) is 11.4. The number of halogens is 1. The van der Waals surface area contributed by atoms with Gasteiger partial charge < -0.3 is 5.11 Å². The molecule has 0 radical (unpaired) electrons. The van der Waals surface area contributed by atoms with Gasteiger partial charge in [0.25, 0.3) is 0 Å². The molecule has 0 aromatic heterocycles. The molecule has 2 nitrogen and oxygen atoms in total. The summed E-state index contributed by atoms with van der Waals surface area (Å²) in [5.74, 6) is 0.116. The third-order valence-corrected chi connectivity index (χ3v) is 5.27. The van der Waals surface area contributed by atoms with Gasteiger partial charge in [0.05, 0.1) is 5.41 Å². The van der Waals surface area contributed by atoms with Crippen molar-refractivity contribution < 1.29 is 9.90 Å². The van der Waals surface area contributed by atoms with E-state index in [2.05, 4.69) is 53.8 Å². The van der Waals surface area contributed by atoms with Crippen LogP contribution in [0.5, 0.6) is 0 Å². The molecule has 1 aromatic rings. The monoisotopic (exact) mass is 372 g/mol. The third-order valence-electron chi connectivity index (χ3n) is 4.55. The number of carboxylic acid groups (broad SMARTS) is 1. The van der Waals surface area contributed by atoms with Crippen LogP contribution in [0.2, 0.25) is 0 Å². The number of hydrogen-bond donors (Lipinski definition) is 1. The van der Waals surface area contributed by atoms with Crippen molar-refractivity contribution in [3.8, 4) is 0 Å². The van der Waals surface area contributed by atoms with Crippen molar-refractivity contribution in [1.29, 1.82) is 0 Å². The fourth-order valence-electron chi connectivity index (χ4n) is 3.10. The molecule has 0 saturated heterocycles. The van der Waals surface area contributed by atoms with E-state index in [1.807, 2.05) is 0 Å². The quantitative estimate of drug-likeness (QED) is 0.790. The van der Waals surface area contributed by atoms with Crippen LogP contribution in [0.4, 0.5) is 0 Å². The van der Waals surface area contributed by atoms with Crippen molar-refractivity contribution >= 4 is 28.6 Å². The Morgan fingerprint density at radius 1 is 1.32 bits per heavy atom. The van der Waals surface area contributed by atoms with E-state index >= 15 is 0 Å². The van der Waals surface area contributed by atoms with Crippen molar-refractivity contribution in [2.75, 3.05) is 0 Å². The third kappa shape index (κ3) is 3.50. The second-order valence-corrected chi connectivity index (χ2v) is 6.99. The summed E-state index contributed by atoms with van der Waals surface area (Å²) in [7, 11) is 0. The van der Waals surface area contributed by atoms with Crippen LogP contribution >= 0.6 is 22.6 Å². The molecular weight excluding hydrogens is 351 g/mol. The Labute approximate surface area is 128 Å². The lowest BCUT2D eigenvalue weighted by Gasteiger charge is -2.36. The van der Waals surface area contributed by atoms with Gasteiger partial charge in [0.1, 0.15) is 0 Å². The summed E-state index contributed by atoms with van der Waals surface area (Å²) in [4.78, 5) is 11.7. The summed E-state index contributed by atoms with van der Waals surface area (Å²) >= 11 is 2.28. The van der Waals surface area contributed by atoms with E-state index < -0.39 is 11.4 Å². The molecule has 0 bridgehead atoms. The van der Waals surface area contributed by atoms with E-state index in [4.69, 9.17) is 0 Å². The van der Waals surface area contributed by atoms with Gasteiger partial charge in [-0.15, -0.1) is 0 Å². The van der Waals surface area contributed by atoms with Crippen molar-refractivity contribution in [3.05, 3.63) is 33.4 Å². The Morgan fingerprint density at radius 2 is 1.89 bits per heavy atom. The smallest absolute Gasteiger partial charge is 0.309 e. The topological polar surface area (TPSA) is 37.3 Å². The molecule has 0 amide bonds. The fourth-order valence-corrected chi connectivity index (χ4v) is 3.46. The number of carbonyl (C=O) groups is 1. The maximum atomic E-state index is 11.7. The van der Waals surface area contributed by atoms with Gasteiger partial charge in [0.15, 0.2) is 0 Å². The molecule has 0 atom stereocenters. The van der Waals surface area contributed by atoms with Gasteiger partial charge in [-0.1, -0.05) is 25.5 Å². The molecule has 3 heteroatoms. The van der Waals surface area contributed by atoms with Crippen molar-refractivity contribution in [2.24, 2.45) is 11.3 Å². The zero-order chi connectivity index (χ0) is 13.9. The van der Waals surface area contributed by atoms with Crippen LogP contribution in [0.3, 0.4) is 0 Å². The lowest BCUT2D eigenvalue weighted by molar-refractivity contribution is -0.151. The first kappa shape index (κ1) is 14.8. The number of carboxylic acids is 1. The van der Waals surface area contributed by atoms with Crippen molar-refractivity contribution in [3.63, 3.8) is 0 Å². The summed E-state index contributed by atoms with van der Waals surface area (Å²) in [6, 6.07) is 8.25. The minimum Gasteiger partial charge on any atom is -0.481 e. The van der Waals surface area contributed by atoms with Crippen LogP contribution in [0.1, 0.15) is 44.6 Å². The highest BCUT2D eigenvalue weighted by atomic mass is 127. The minimum absolute atomic E-state index is 0.529. The first-order chi connectivity index (χ1) is 9.05. The van der Waals surface area contributed by atoms with E-state index in [0.717, 1.165) is 37.2 Å². The van der Waals surface area contributed by atoms with Crippen LogP contribution in [0.25, 0.3) is 0 Å². The molecule has 104 valence electrons. The van der Waals surface area contributed by atoms with Crippen molar-refractivity contribution in [1.82, 2.24) is 0 Å².